The SMILES string of the molecule is COc1ccc(C(=O)NCCc2nnc(SC[C@@H]3CCCO3)n2-c2ccccc2F)cc1. The number of nitrogens with one attached hydrogen (secondary N) is 1. The number of hydrogen-bond acceptors (Lipinski definition) is 6. The summed E-state index contributed by atoms with van der Waals surface area (Å²) in [6, 6.07) is 13.4. The lowest BCUT2D eigenvalue weighted by atomic mass is 10.2. The van der Waals surface area contributed by atoms with Crippen molar-refractivity contribution in [1.82, 2.24) is 20.1 Å². The van der Waals surface area contributed by atoms with Gasteiger partial charge in [0.15, 0.2) is 5.16 Å². The van der Waals surface area contributed by atoms with Crippen molar-refractivity contribution in [2.24, 2.45) is 0 Å². The molecule has 1 aromatic heterocycles. The number of nitrogens with zero attached hydrogens (tertiary/aromatic N) is 3. The Kier molecular flexibility index (Phi) is 7.39. The third kappa shape index (κ3) is 5.28. The van der Waals surface area contributed by atoms with Crippen LogP contribution in [0.25, 0.3) is 5.69 Å². The number of methoxy groups -OCH3 is 1. The molecule has 1 atom stereocenters. The minimum Gasteiger partial charge on any atom is -0.497 e. The van der Waals surface area contributed by atoms with Gasteiger partial charge in [0, 0.05) is 30.9 Å². The Bertz CT molecular complexity index is 1050. The van der Waals surface area contributed by atoms with Crippen LogP contribution < -0.4 is 10.1 Å². The van der Waals surface area contributed by atoms with Crippen LogP contribution in [0.2, 0.25) is 0 Å². The number of carbonyl (C=O) groups is 1. The predicted molar refractivity (Wildman–Crippen MR) is 120 cm³/mol. The van der Waals surface area contributed by atoms with E-state index < -0.39 is 0 Å². The zero-order chi connectivity index (χ0) is 22.3. The second-order valence-electron chi connectivity index (χ2n) is 7.37. The molecule has 0 aliphatic carbocycles. The van der Waals surface area contributed by atoms with E-state index in [1.807, 2.05) is 0 Å². The minimum atomic E-state index is -0.352. The molecular weight excluding hydrogens is 431 g/mol. The smallest absolute Gasteiger partial charge is 0.251 e. The Balaban J connectivity index is 1.46. The van der Waals surface area contributed by atoms with Gasteiger partial charge in [-0.1, -0.05) is 23.9 Å². The molecule has 2 aromatic carbocycles. The fourth-order valence-electron chi connectivity index (χ4n) is 3.51. The number of ether oxygens (including phenoxy) is 2. The summed E-state index contributed by atoms with van der Waals surface area (Å²) in [5.74, 6) is 1.46. The van der Waals surface area contributed by atoms with Crippen molar-refractivity contribution in [3.8, 4) is 11.4 Å². The number of benzene rings is 2. The lowest BCUT2D eigenvalue weighted by Gasteiger charge is -2.13. The zero-order valence-corrected chi connectivity index (χ0v) is 18.6. The second kappa shape index (κ2) is 10.6. The minimum absolute atomic E-state index is 0.179. The number of para-hydroxylation sites is 1. The summed E-state index contributed by atoms with van der Waals surface area (Å²) in [4.78, 5) is 12.4. The maximum Gasteiger partial charge on any atom is 0.251 e. The predicted octanol–water partition coefficient (Wildman–Crippen LogP) is 3.66. The molecule has 1 saturated heterocycles. The van der Waals surface area contributed by atoms with Crippen molar-refractivity contribution in [3.05, 3.63) is 65.7 Å². The molecule has 7 nitrogen and oxygen atoms in total. The number of rotatable bonds is 9. The summed E-state index contributed by atoms with van der Waals surface area (Å²) < 4.78 is 27.1. The van der Waals surface area contributed by atoms with E-state index in [2.05, 4.69) is 15.5 Å². The van der Waals surface area contributed by atoms with Crippen LogP contribution >= 0.6 is 11.8 Å². The Morgan fingerprint density at radius 1 is 1.25 bits per heavy atom. The molecule has 0 bridgehead atoms. The summed E-state index contributed by atoms with van der Waals surface area (Å²) in [5, 5.41) is 12.1. The van der Waals surface area contributed by atoms with Gasteiger partial charge in [-0.2, -0.15) is 0 Å². The average Bonchev–Trinajstić information content (AvgIpc) is 3.48. The molecule has 168 valence electrons. The number of aromatic nitrogens is 3. The third-order valence-corrected chi connectivity index (χ3v) is 6.26. The zero-order valence-electron chi connectivity index (χ0n) is 17.8. The molecule has 2 heterocycles. The molecule has 0 unspecified atom stereocenters. The molecule has 0 spiro atoms. The monoisotopic (exact) mass is 456 g/mol. The lowest BCUT2D eigenvalue weighted by molar-refractivity contribution is 0.0954. The lowest BCUT2D eigenvalue weighted by Crippen LogP contribution is -2.26. The maximum absolute atomic E-state index is 14.6. The van der Waals surface area contributed by atoms with Gasteiger partial charge in [-0.25, -0.2) is 4.39 Å². The van der Waals surface area contributed by atoms with Crippen LogP contribution in [0, 0.1) is 5.82 Å². The van der Waals surface area contributed by atoms with Crippen molar-refractivity contribution in [3.63, 3.8) is 0 Å². The maximum atomic E-state index is 14.6. The molecule has 0 saturated carbocycles. The molecule has 9 heteroatoms. The van der Waals surface area contributed by atoms with E-state index in [9.17, 15) is 9.18 Å². The topological polar surface area (TPSA) is 78.3 Å². The van der Waals surface area contributed by atoms with Crippen LogP contribution in [-0.2, 0) is 11.2 Å². The largest absolute Gasteiger partial charge is 0.497 e. The molecule has 1 fully saturated rings. The molecule has 1 aliphatic rings. The van der Waals surface area contributed by atoms with Crippen LogP contribution in [-0.4, -0.2) is 52.8 Å². The standard InChI is InChI=1S/C23H25FN4O3S/c1-30-17-10-8-16(9-11-17)22(29)25-13-12-21-26-27-23(32-15-18-5-4-14-31-18)28(21)20-7-3-2-6-19(20)24/h2-3,6-11,18H,4-5,12-15H2,1H3,(H,25,29)/t18-/m0/s1. The molecule has 1 amide bonds. The van der Waals surface area contributed by atoms with Crippen LogP contribution in [0.1, 0.15) is 29.0 Å². The normalized spacial score (nSPS) is 15.6. The molecule has 32 heavy (non-hydrogen) atoms. The highest BCUT2D eigenvalue weighted by Gasteiger charge is 2.21. The van der Waals surface area contributed by atoms with Gasteiger partial charge in [0.1, 0.15) is 17.4 Å². The van der Waals surface area contributed by atoms with Gasteiger partial charge in [-0.15, -0.1) is 10.2 Å². The molecular formula is C23H25FN4O3S. The summed E-state index contributed by atoms with van der Waals surface area (Å²) in [5.41, 5.74) is 0.929. The van der Waals surface area contributed by atoms with Crippen LogP contribution in [0.3, 0.4) is 0 Å². The summed E-state index contributed by atoms with van der Waals surface area (Å²) in [6.07, 6.45) is 2.66. The summed E-state index contributed by atoms with van der Waals surface area (Å²) in [6.45, 7) is 1.12. The van der Waals surface area contributed by atoms with Crippen molar-refractivity contribution in [2.75, 3.05) is 26.0 Å². The number of thioether (sulfide) groups is 1. The van der Waals surface area contributed by atoms with E-state index >= 15 is 0 Å². The highest BCUT2D eigenvalue weighted by Crippen LogP contribution is 2.27. The summed E-state index contributed by atoms with van der Waals surface area (Å²) >= 11 is 1.51. The van der Waals surface area contributed by atoms with Gasteiger partial charge < -0.3 is 14.8 Å². The van der Waals surface area contributed by atoms with Crippen LogP contribution in [0.15, 0.2) is 53.7 Å². The van der Waals surface area contributed by atoms with Crippen molar-refractivity contribution < 1.29 is 18.7 Å². The second-order valence-corrected chi connectivity index (χ2v) is 8.35. The highest BCUT2D eigenvalue weighted by atomic mass is 32.2. The van der Waals surface area contributed by atoms with Gasteiger partial charge in [0.05, 0.1) is 18.9 Å². The van der Waals surface area contributed by atoms with Crippen molar-refractivity contribution >= 4 is 17.7 Å². The Morgan fingerprint density at radius 2 is 2.06 bits per heavy atom. The Morgan fingerprint density at radius 3 is 2.78 bits per heavy atom. The van der Waals surface area contributed by atoms with Crippen molar-refractivity contribution in [1.29, 1.82) is 0 Å². The van der Waals surface area contributed by atoms with Crippen molar-refractivity contribution in [2.45, 2.75) is 30.5 Å². The average molecular weight is 457 g/mol. The van der Waals surface area contributed by atoms with Gasteiger partial charge in [-0.05, 0) is 49.2 Å². The van der Waals surface area contributed by atoms with Gasteiger partial charge in [0.25, 0.3) is 5.91 Å². The number of amides is 1. The van der Waals surface area contributed by atoms with E-state index in [1.54, 1.807) is 54.1 Å². The third-order valence-electron chi connectivity index (χ3n) is 5.20. The molecule has 1 N–H and O–H groups in total. The molecule has 1 aliphatic heterocycles. The first kappa shape index (κ1) is 22.3. The molecule has 0 radical (unpaired) electrons. The Labute approximate surface area is 190 Å². The van der Waals surface area contributed by atoms with E-state index in [4.69, 9.17) is 9.47 Å². The fourth-order valence-corrected chi connectivity index (χ4v) is 4.54. The number of halogens is 1. The van der Waals surface area contributed by atoms with Crippen LogP contribution in [0.4, 0.5) is 4.39 Å². The van der Waals surface area contributed by atoms with Gasteiger partial charge in [-0.3, -0.25) is 9.36 Å². The van der Waals surface area contributed by atoms with Gasteiger partial charge in [0.2, 0.25) is 0 Å². The van der Waals surface area contributed by atoms with E-state index in [1.165, 1.54) is 17.8 Å². The number of hydrogen-bond donors (Lipinski definition) is 1. The van der Waals surface area contributed by atoms with Gasteiger partial charge >= 0.3 is 0 Å². The fraction of sp³-hybridized carbons (Fsp3) is 0.348. The summed E-state index contributed by atoms with van der Waals surface area (Å²) in [7, 11) is 1.58. The number of carbonyl (C=O) groups excluding carboxylic acids is 1. The Hall–Kier alpha value is -2.91. The highest BCUT2D eigenvalue weighted by molar-refractivity contribution is 7.99. The first-order chi connectivity index (χ1) is 15.7. The quantitative estimate of drug-likeness (QED) is 0.495. The molecule has 3 aromatic rings. The van der Waals surface area contributed by atoms with E-state index in [-0.39, 0.29) is 17.8 Å². The first-order valence-electron chi connectivity index (χ1n) is 10.5. The van der Waals surface area contributed by atoms with Crippen LogP contribution in [0.5, 0.6) is 5.75 Å². The first-order valence-corrected chi connectivity index (χ1v) is 11.5. The van der Waals surface area contributed by atoms with E-state index in [0.717, 1.165) is 25.2 Å². The van der Waals surface area contributed by atoms with E-state index in [0.29, 0.717) is 40.9 Å². The molecule has 4 rings (SSSR count).